The molecule has 0 heterocycles. The minimum absolute atomic E-state index is 0.0446. The van der Waals surface area contributed by atoms with Crippen LogP contribution in [-0.4, -0.2) is 21.9 Å². The first-order valence-corrected chi connectivity index (χ1v) is 5.91. The molecule has 1 rings (SSSR count). The predicted octanol–water partition coefficient (Wildman–Crippen LogP) is 2.05. The van der Waals surface area contributed by atoms with E-state index in [9.17, 15) is 10.2 Å². The zero-order chi connectivity index (χ0) is 11.4. The van der Waals surface area contributed by atoms with E-state index in [0.29, 0.717) is 12.0 Å². The number of aromatic hydroxyl groups is 1. The molecule has 1 aromatic rings. The van der Waals surface area contributed by atoms with Crippen molar-refractivity contribution < 1.29 is 15.3 Å². The summed E-state index contributed by atoms with van der Waals surface area (Å²) in [6, 6.07) is 5.11. The molecular weight excluding hydrogens is 307 g/mol. The van der Waals surface area contributed by atoms with Gasteiger partial charge in [-0.25, -0.2) is 0 Å². The Hall–Kier alpha value is -0.330. The molecule has 15 heavy (non-hydrogen) atoms. The highest BCUT2D eigenvalue weighted by Crippen LogP contribution is 2.31. The summed E-state index contributed by atoms with van der Waals surface area (Å²) in [5.41, 5.74) is 0.530. The summed E-state index contributed by atoms with van der Waals surface area (Å²) < 4.78 is 0.968. The summed E-state index contributed by atoms with van der Waals surface area (Å²) >= 11 is 2.13. The smallest absolute Gasteiger partial charge is 0.121 e. The highest BCUT2D eigenvalue weighted by Gasteiger charge is 2.19. The van der Waals surface area contributed by atoms with E-state index >= 15 is 0 Å². The van der Waals surface area contributed by atoms with Crippen molar-refractivity contribution in [3.05, 3.63) is 27.3 Å². The maximum atomic E-state index is 9.95. The average molecular weight is 322 g/mol. The van der Waals surface area contributed by atoms with Crippen molar-refractivity contribution in [2.45, 2.75) is 19.4 Å². The monoisotopic (exact) mass is 322 g/mol. The summed E-state index contributed by atoms with van der Waals surface area (Å²) in [5, 5.41) is 28.3. The van der Waals surface area contributed by atoms with Gasteiger partial charge < -0.3 is 15.3 Å². The quantitative estimate of drug-likeness (QED) is 0.744. The molecule has 0 aliphatic carbocycles. The molecule has 4 heteroatoms. The van der Waals surface area contributed by atoms with Crippen molar-refractivity contribution in [1.82, 2.24) is 0 Å². The van der Waals surface area contributed by atoms with Crippen LogP contribution in [0.2, 0.25) is 0 Å². The molecule has 84 valence electrons. The van der Waals surface area contributed by atoms with Crippen LogP contribution in [0.4, 0.5) is 0 Å². The minimum Gasteiger partial charge on any atom is -0.508 e. The molecule has 0 aliphatic rings. The SMILES string of the molecule is C[C@@H](CCO)[C@H](O)c1cc(I)ccc1O. The van der Waals surface area contributed by atoms with Crippen LogP contribution in [0.15, 0.2) is 18.2 Å². The van der Waals surface area contributed by atoms with Crippen molar-refractivity contribution in [3.8, 4) is 5.75 Å². The summed E-state index contributed by atoms with van der Waals surface area (Å²) in [6.07, 6.45) is -0.210. The first kappa shape index (κ1) is 12.7. The number of rotatable bonds is 4. The highest BCUT2D eigenvalue weighted by molar-refractivity contribution is 14.1. The van der Waals surface area contributed by atoms with Gasteiger partial charge >= 0.3 is 0 Å². The molecule has 0 spiro atoms. The lowest BCUT2D eigenvalue weighted by molar-refractivity contribution is 0.0966. The second-order valence-corrected chi connectivity index (χ2v) is 4.88. The predicted molar refractivity (Wildman–Crippen MR) is 66.7 cm³/mol. The third kappa shape index (κ3) is 3.32. The van der Waals surface area contributed by atoms with Gasteiger partial charge in [-0.1, -0.05) is 6.92 Å². The fourth-order valence-electron chi connectivity index (χ4n) is 1.43. The van der Waals surface area contributed by atoms with Gasteiger partial charge in [0.2, 0.25) is 0 Å². The summed E-state index contributed by atoms with van der Waals surface area (Å²) in [7, 11) is 0. The molecule has 3 N–H and O–H groups in total. The molecule has 0 unspecified atom stereocenters. The normalized spacial score (nSPS) is 14.9. The van der Waals surface area contributed by atoms with Gasteiger partial charge in [-0.15, -0.1) is 0 Å². The number of aliphatic hydroxyl groups is 2. The molecular formula is C11H15IO3. The molecule has 0 amide bonds. The number of phenols is 1. The van der Waals surface area contributed by atoms with Crippen LogP contribution in [0.3, 0.4) is 0 Å². The van der Waals surface area contributed by atoms with Crippen molar-refractivity contribution in [1.29, 1.82) is 0 Å². The second-order valence-electron chi connectivity index (χ2n) is 3.64. The lowest BCUT2D eigenvalue weighted by Crippen LogP contribution is -2.11. The topological polar surface area (TPSA) is 60.7 Å². The van der Waals surface area contributed by atoms with E-state index in [2.05, 4.69) is 22.6 Å². The molecule has 0 aliphatic heterocycles. The van der Waals surface area contributed by atoms with Crippen molar-refractivity contribution in [2.24, 2.45) is 5.92 Å². The van der Waals surface area contributed by atoms with E-state index in [4.69, 9.17) is 5.11 Å². The third-order valence-corrected chi connectivity index (χ3v) is 3.10. The number of aliphatic hydroxyl groups excluding tert-OH is 2. The molecule has 0 radical (unpaired) electrons. The van der Waals surface area contributed by atoms with Crippen molar-refractivity contribution in [2.75, 3.05) is 6.61 Å². The van der Waals surface area contributed by atoms with E-state index in [1.807, 2.05) is 6.92 Å². The Labute approximate surface area is 103 Å². The number of hydrogen-bond acceptors (Lipinski definition) is 3. The molecule has 3 nitrogen and oxygen atoms in total. The maximum Gasteiger partial charge on any atom is 0.121 e. The standard InChI is InChI=1S/C11H15IO3/c1-7(4-5-13)11(15)9-6-8(12)2-3-10(9)14/h2-3,6-7,11,13-15H,4-5H2,1H3/t7-,11-/m0/s1. The Balaban J connectivity index is 2.89. The van der Waals surface area contributed by atoms with Crippen LogP contribution in [0.5, 0.6) is 5.75 Å². The van der Waals surface area contributed by atoms with E-state index in [1.54, 1.807) is 18.2 Å². The van der Waals surface area contributed by atoms with Crippen molar-refractivity contribution >= 4 is 22.6 Å². The van der Waals surface area contributed by atoms with E-state index in [1.165, 1.54) is 0 Å². The molecule has 0 bridgehead atoms. The Morgan fingerprint density at radius 2 is 2.07 bits per heavy atom. The van der Waals surface area contributed by atoms with Gasteiger partial charge in [0, 0.05) is 15.7 Å². The van der Waals surface area contributed by atoms with Gasteiger partial charge in [0.1, 0.15) is 5.75 Å². The van der Waals surface area contributed by atoms with E-state index in [-0.39, 0.29) is 18.3 Å². The van der Waals surface area contributed by atoms with Crippen molar-refractivity contribution in [3.63, 3.8) is 0 Å². The fraction of sp³-hybridized carbons (Fsp3) is 0.455. The Bertz CT molecular complexity index is 328. The molecule has 0 fully saturated rings. The number of benzene rings is 1. The van der Waals surface area contributed by atoms with Crippen LogP contribution in [-0.2, 0) is 0 Å². The van der Waals surface area contributed by atoms with Crippen LogP contribution in [0.25, 0.3) is 0 Å². The van der Waals surface area contributed by atoms with Gasteiger partial charge in [-0.3, -0.25) is 0 Å². The molecule has 0 saturated heterocycles. The second kappa shape index (κ2) is 5.67. The van der Waals surface area contributed by atoms with Crippen LogP contribution in [0.1, 0.15) is 25.0 Å². The van der Waals surface area contributed by atoms with Gasteiger partial charge in [0.05, 0.1) is 6.10 Å². The molecule has 0 saturated carbocycles. The highest BCUT2D eigenvalue weighted by atomic mass is 127. The molecule has 2 atom stereocenters. The Morgan fingerprint density at radius 1 is 1.40 bits per heavy atom. The van der Waals surface area contributed by atoms with Crippen LogP contribution >= 0.6 is 22.6 Å². The first-order valence-electron chi connectivity index (χ1n) is 4.83. The van der Waals surface area contributed by atoms with E-state index in [0.717, 1.165) is 3.57 Å². The summed E-state index contributed by atoms with van der Waals surface area (Å²) in [4.78, 5) is 0. The molecule has 1 aromatic carbocycles. The van der Waals surface area contributed by atoms with Crippen LogP contribution in [0, 0.1) is 9.49 Å². The van der Waals surface area contributed by atoms with Gasteiger partial charge in [0.15, 0.2) is 0 Å². The largest absolute Gasteiger partial charge is 0.508 e. The Kier molecular flexibility index (Phi) is 4.82. The van der Waals surface area contributed by atoms with Crippen LogP contribution < -0.4 is 0 Å². The zero-order valence-corrected chi connectivity index (χ0v) is 10.7. The zero-order valence-electron chi connectivity index (χ0n) is 8.52. The number of halogens is 1. The number of hydrogen-bond donors (Lipinski definition) is 3. The van der Waals surface area contributed by atoms with Gasteiger partial charge in [-0.05, 0) is 53.1 Å². The maximum absolute atomic E-state index is 9.95. The molecule has 0 aromatic heterocycles. The fourth-order valence-corrected chi connectivity index (χ4v) is 1.95. The minimum atomic E-state index is -0.730. The summed E-state index contributed by atoms with van der Waals surface area (Å²) in [5.74, 6) is 0.0341. The summed E-state index contributed by atoms with van der Waals surface area (Å²) in [6.45, 7) is 1.89. The Morgan fingerprint density at radius 3 is 2.67 bits per heavy atom. The van der Waals surface area contributed by atoms with E-state index < -0.39 is 6.10 Å². The third-order valence-electron chi connectivity index (χ3n) is 2.43. The van der Waals surface area contributed by atoms with Gasteiger partial charge in [0.25, 0.3) is 0 Å². The first-order chi connectivity index (χ1) is 7.06. The average Bonchev–Trinajstić information content (AvgIpc) is 2.21. The lowest BCUT2D eigenvalue weighted by Gasteiger charge is -2.19. The lowest BCUT2D eigenvalue weighted by atomic mass is 9.94. The number of phenolic OH excluding ortho intramolecular Hbond substituents is 1. The van der Waals surface area contributed by atoms with Gasteiger partial charge in [-0.2, -0.15) is 0 Å².